The van der Waals surface area contributed by atoms with Crippen molar-refractivity contribution in [2.45, 2.75) is 46.1 Å². The molecule has 3 rings (SSSR count). The number of imide groups is 1. The molecule has 0 spiro atoms. The molecule has 41 heavy (non-hydrogen) atoms. The zero-order valence-corrected chi connectivity index (χ0v) is 24.9. The highest BCUT2D eigenvalue weighted by Crippen LogP contribution is 2.39. The number of nitrogens with zero attached hydrogens (tertiary/aromatic N) is 1. The monoisotopic (exact) mass is 588 g/mol. The standard InChI is InChI=1S/C29H36N2O9S/c1-7-40-25-15-20(11-12-24(25)38-4)23(16-41(6,36)37)31-27(33)21-13-19(10-8-9-17(2)29(35)39-5)14-22(30-18(3)32)26(21)28(31)34/h11-15,17,23H,7-10,16H2,1-6H3,(H,30,32)/t17-,23?/m0/s1. The predicted octanol–water partition coefficient (Wildman–Crippen LogP) is 3.57. The first kappa shape index (κ1) is 31.6. The van der Waals surface area contributed by atoms with E-state index in [0.29, 0.717) is 48.5 Å². The number of sulfone groups is 1. The summed E-state index contributed by atoms with van der Waals surface area (Å²) in [6.45, 7) is 5.14. The third-order valence-corrected chi connectivity index (χ3v) is 7.66. The lowest BCUT2D eigenvalue weighted by atomic mass is 9.97. The van der Waals surface area contributed by atoms with E-state index in [4.69, 9.17) is 14.2 Å². The summed E-state index contributed by atoms with van der Waals surface area (Å²) in [7, 11) is -0.884. The first-order chi connectivity index (χ1) is 19.3. The van der Waals surface area contributed by atoms with Gasteiger partial charge >= 0.3 is 5.97 Å². The molecule has 0 saturated carbocycles. The smallest absolute Gasteiger partial charge is 0.308 e. The first-order valence-corrected chi connectivity index (χ1v) is 15.3. The van der Waals surface area contributed by atoms with E-state index in [-0.39, 0.29) is 28.7 Å². The van der Waals surface area contributed by atoms with Gasteiger partial charge in [-0.05, 0) is 61.6 Å². The molecule has 0 bridgehead atoms. The number of hydrogen-bond donors (Lipinski definition) is 1. The van der Waals surface area contributed by atoms with Gasteiger partial charge in [-0.1, -0.05) is 13.0 Å². The summed E-state index contributed by atoms with van der Waals surface area (Å²) in [5, 5.41) is 2.64. The number of nitrogens with one attached hydrogen (secondary N) is 1. The molecular formula is C29H36N2O9S. The van der Waals surface area contributed by atoms with Gasteiger partial charge < -0.3 is 19.5 Å². The average molecular weight is 589 g/mol. The second-order valence-corrected chi connectivity index (χ2v) is 12.2. The van der Waals surface area contributed by atoms with Gasteiger partial charge in [0.2, 0.25) is 5.91 Å². The summed E-state index contributed by atoms with van der Waals surface area (Å²) in [6.07, 6.45) is 2.62. The quantitative estimate of drug-likeness (QED) is 0.274. The average Bonchev–Trinajstić information content (AvgIpc) is 3.15. The van der Waals surface area contributed by atoms with Gasteiger partial charge in [-0.15, -0.1) is 0 Å². The maximum absolute atomic E-state index is 13.8. The molecule has 222 valence electrons. The van der Waals surface area contributed by atoms with Crippen LogP contribution in [0.2, 0.25) is 0 Å². The fourth-order valence-corrected chi connectivity index (χ4v) is 5.78. The maximum Gasteiger partial charge on any atom is 0.308 e. The number of anilines is 1. The van der Waals surface area contributed by atoms with Gasteiger partial charge in [0, 0.05) is 13.2 Å². The topological polar surface area (TPSA) is 145 Å². The van der Waals surface area contributed by atoms with Crippen LogP contribution < -0.4 is 14.8 Å². The zero-order valence-electron chi connectivity index (χ0n) is 24.1. The molecule has 2 atom stereocenters. The van der Waals surface area contributed by atoms with Crippen molar-refractivity contribution in [2.75, 3.05) is 38.2 Å². The minimum atomic E-state index is -3.68. The molecule has 1 unspecified atom stereocenters. The highest BCUT2D eigenvalue weighted by molar-refractivity contribution is 7.90. The van der Waals surface area contributed by atoms with Crippen LogP contribution in [0.1, 0.15) is 71.5 Å². The third kappa shape index (κ3) is 7.43. The molecule has 3 amide bonds. The lowest BCUT2D eigenvalue weighted by molar-refractivity contribution is -0.145. The van der Waals surface area contributed by atoms with E-state index in [0.717, 1.165) is 11.2 Å². The molecule has 12 heteroatoms. The number of benzene rings is 2. The number of methoxy groups -OCH3 is 2. The van der Waals surface area contributed by atoms with Gasteiger partial charge in [0.25, 0.3) is 11.8 Å². The Balaban J connectivity index is 2.06. The van der Waals surface area contributed by atoms with E-state index in [9.17, 15) is 27.6 Å². The van der Waals surface area contributed by atoms with Crippen molar-refractivity contribution in [3.8, 4) is 11.5 Å². The molecule has 1 aliphatic rings. The molecule has 0 fully saturated rings. The van der Waals surface area contributed by atoms with Gasteiger partial charge in [0.15, 0.2) is 11.5 Å². The van der Waals surface area contributed by atoms with Crippen LogP contribution in [-0.4, -0.2) is 69.8 Å². The molecule has 0 saturated heterocycles. The van der Waals surface area contributed by atoms with Crippen LogP contribution >= 0.6 is 0 Å². The van der Waals surface area contributed by atoms with E-state index < -0.39 is 39.4 Å². The highest BCUT2D eigenvalue weighted by atomic mass is 32.2. The predicted molar refractivity (Wildman–Crippen MR) is 152 cm³/mol. The van der Waals surface area contributed by atoms with Crippen LogP contribution in [0.25, 0.3) is 0 Å². The number of aryl methyl sites for hydroxylation is 1. The van der Waals surface area contributed by atoms with Gasteiger partial charge in [-0.2, -0.15) is 0 Å². The summed E-state index contributed by atoms with van der Waals surface area (Å²) < 4.78 is 40.8. The lowest BCUT2D eigenvalue weighted by Gasteiger charge is -2.27. The van der Waals surface area contributed by atoms with Crippen LogP contribution in [0.3, 0.4) is 0 Å². The number of ether oxygens (including phenoxy) is 3. The molecule has 11 nitrogen and oxygen atoms in total. The molecular weight excluding hydrogens is 552 g/mol. The third-order valence-electron chi connectivity index (χ3n) is 6.74. The van der Waals surface area contributed by atoms with Crippen LogP contribution in [0.15, 0.2) is 30.3 Å². The van der Waals surface area contributed by atoms with E-state index in [2.05, 4.69) is 5.32 Å². The number of rotatable bonds is 13. The van der Waals surface area contributed by atoms with Crippen LogP contribution in [0, 0.1) is 5.92 Å². The number of carbonyl (C=O) groups is 4. The van der Waals surface area contributed by atoms with Crippen molar-refractivity contribution < 1.29 is 41.8 Å². The van der Waals surface area contributed by atoms with Crippen LogP contribution in [-0.2, 0) is 30.6 Å². The lowest BCUT2D eigenvalue weighted by Crippen LogP contribution is -2.37. The number of esters is 1. The molecule has 0 aromatic heterocycles. The number of hydrogen-bond acceptors (Lipinski definition) is 9. The fourth-order valence-electron chi connectivity index (χ4n) is 4.87. The first-order valence-electron chi connectivity index (χ1n) is 13.2. The van der Waals surface area contributed by atoms with E-state index in [1.54, 1.807) is 44.2 Å². The minimum absolute atomic E-state index is 0.00563. The van der Waals surface area contributed by atoms with Crippen molar-refractivity contribution >= 4 is 39.2 Å². The summed E-state index contributed by atoms with van der Waals surface area (Å²) in [6, 6.07) is 6.78. The Kier molecular flexibility index (Phi) is 10.1. The molecule has 1 aliphatic heterocycles. The SMILES string of the molecule is CCOc1cc(C(CS(C)(=O)=O)N2C(=O)c3cc(CCC[C@H](C)C(=O)OC)cc(NC(C)=O)c3C2=O)ccc1OC. The molecule has 1 N–H and O–H groups in total. The summed E-state index contributed by atoms with van der Waals surface area (Å²) >= 11 is 0. The summed E-state index contributed by atoms with van der Waals surface area (Å²) in [4.78, 5) is 52.4. The Morgan fingerprint density at radius 3 is 2.34 bits per heavy atom. The Bertz CT molecular complexity index is 1450. The van der Waals surface area contributed by atoms with Crippen molar-refractivity contribution in [1.82, 2.24) is 4.90 Å². The second kappa shape index (κ2) is 13.2. The highest BCUT2D eigenvalue weighted by Gasteiger charge is 2.44. The Morgan fingerprint density at radius 2 is 1.76 bits per heavy atom. The Hall–Kier alpha value is -3.93. The molecule has 1 heterocycles. The number of carbonyl (C=O) groups excluding carboxylic acids is 4. The number of fused-ring (bicyclic) bond motifs is 1. The van der Waals surface area contributed by atoms with Crippen molar-refractivity contribution in [1.29, 1.82) is 0 Å². The van der Waals surface area contributed by atoms with Crippen molar-refractivity contribution in [2.24, 2.45) is 5.92 Å². The van der Waals surface area contributed by atoms with Gasteiger partial charge in [-0.3, -0.25) is 24.1 Å². The largest absolute Gasteiger partial charge is 0.493 e. The van der Waals surface area contributed by atoms with E-state index >= 15 is 0 Å². The van der Waals surface area contributed by atoms with E-state index in [1.165, 1.54) is 21.1 Å². The normalized spacial score (nSPS) is 14.3. The van der Waals surface area contributed by atoms with Crippen molar-refractivity contribution in [3.63, 3.8) is 0 Å². The maximum atomic E-state index is 13.8. The molecule has 2 aromatic carbocycles. The minimum Gasteiger partial charge on any atom is -0.493 e. The van der Waals surface area contributed by atoms with Gasteiger partial charge in [-0.25, -0.2) is 8.42 Å². The Morgan fingerprint density at radius 1 is 1.05 bits per heavy atom. The van der Waals surface area contributed by atoms with E-state index in [1.807, 2.05) is 0 Å². The van der Waals surface area contributed by atoms with Gasteiger partial charge in [0.1, 0.15) is 9.84 Å². The zero-order chi connectivity index (χ0) is 30.5. The van der Waals surface area contributed by atoms with Crippen LogP contribution in [0.5, 0.6) is 11.5 Å². The van der Waals surface area contributed by atoms with Gasteiger partial charge in [0.05, 0.1) is 55.4 Å². The molecule has 0 radical (unpaired) electrons. The van der Waals surface area contributed by atoms with Crippen molar-refractivity contribution in [3.05, 3.63) is 52.6 Å². The molecule has 0 aliphatic carbocycles. The second-order valence-electron chi connectivity index (χ2n) is 10.00. The summed E-state index contributed by atoms with van der Waals surface area (Å²) in [5.74, 6) is -2.25. The van der Waals surface area contributed by atoms with Crippen LogP contribution in [0.4, 0.5) is 5.69 Å². The Labute approximate surface area is 240 Å². The summed E-state index contributed by atoms with van der Waals surface area (Å²) in [5.41, 5.74) is 1.26. The fraction of sp³-hybridized carbons (Fsp3) is 0.448. The number of amides is 3. The molecule has 2 aromatic rings.